The summed E-state index contributed by atoms with van der Waals surface area (Å²) in [5.41, 5.74) is -0.608. The summed E-state index contributed by atoms with van der Waals surface area (Å²) in [6.07, 6.45) is 1.98. The van der Waals surface area contributed by atoms with Crippen molar-refractivity contribution in [3.05, 3.63) is 0 Å². The lowest BCUT2D eigenvalue weighted by Gasteiger charge is -2.39. The smallest absolute Gasteiger partial charge is 0.132 e. The van der Waals surface area contributed by atoms with E-state index in [0.717, 1.165) is 44.3 Å². The molecule has 120 valence electrons. The van der Waals surface area contributed by atoms with E-state index in [0.29, 0.717) is 6.90 Å². The number of rotatable bonds is 9. The average Bonchev–Trinajstić information content (AvgIpc) is 2.49. The van der Waals surface area contributed by atoms with Crippen molar-refractivity contribution in [2.75, 3.05) is 12.4 Å². The van der Waals surface area contributed by atoms with Gasteiger partial charge in [-0.25, -0.2) is 0 Å². The average molecular weight is 309 g/mol. The van der Waals surface area contributed by atoms with Gasteiger partial charge in [0.1, 0.15) is 29.9 Å². The topological polar surface area (TPSA) is 90.2 Å². The van der Waals surface area contributed by atoms with E-state index in [4.69, 9.17) is 11.2 Å². The monoisotopic (exact) mass is 309 g/mol. The van der Waals surface area contributed by atoms with Crippen molar-refractivity contribution in [1.82, 2.24) is 0 Å². The molecule has 0 aliphatic carbocycles. The van der Waals surface area contributed by atoms with Crippen LogP contribution in [0, 0.1) is 0 Å². The van der Waals surface area contributed by atoms with E-state index in [2.05, 4.69) is 0 Å². The minimum Gasteiger partial charge on any atom is -0.394 e. The quantitative estimate of drug-likeness (QED) is 0.473. The predicted octanol–water partition coefficient (Wildman–Crippen LogP) is 0.880. The molecule has 0 radical (unpaired) electrons. The number of ether oxygens (including phenoxy) is 1. The highest BCUT2D eigenvalue weighted by molar-refractivity contribution is 7.99. The van der Waals surface area contributed by atoms with Crippen molar-refractivity contribution in [2.24, 2.45) is 0 Å². The van der Waals surface area contributed by atoms with Crippen LogP contribution in [0.25, 0.3) is 0 Å². The van der Waals surface area contributed by atoms with Crippen LogP contribution in [0.1, 0.15) is 46.8 Å². The molecule has 1 rings (SSSR count). The third-order valence-corrected chi connectivity index (χ3v) is 4.77. The molecule has 0 aromatic heterocycles. The molecule has 1 unspecified atom stereocenters. The number of aliphatic hydroxyl groups excluding tert-OH is 4. The van der Waals surface area contributed by atoms with E-state index < -0.39 is 29.9 Å². The lowest BCUT2D eigenvalue weighted by Crippen LogP contribution is -2.57. The molecule has 1 aliphatic heterocycles. The van der Waals surface area contributed by atoms with Crippen LogP contribution in [0.5, 0.6) is 0 Å². The Hall–Kier alpha value is 0.150. The first-order valence-corrected chi connectivity index (χ1v) is 8.38. The van der Waals surface area contributed by atoms with Crippen LogP contribution in [0.2, 0.25) is 0 Å². The van der Waals surface area contributed by atoms with Crippen molar-refractivity contribution in [3.63, 3.8) is 0 Å². The Bertz CT molecular complexity index is 270. The first-order chi connectivity index (χ1) is 10.1. The molecule has 1 saturated heterocycles. The van der Waals surface area contributed by atoms with Gasteiger partial charge in [-0.15, -0.1) is 11.8 Å². The maximum Gasteiger partial charge on any atom is 0.132 e. The maximum atomic E-state index is 9.87. The maximum absolute atomic E-state index is 9.87. The molecule has 5 atom stereocenters. The second-order valence-electron chi connectivity index (χ2n) is 5.19. The fourth-order valence-corrected chi connectivity index (χ4v) is 3.40. The number of hydrogen-bond acceptors (Lipinski definition) is 6. The van der Waals surface area contributed by atoms with E-state index in [1.165, 1.54) is 11.8 Å². The van der Waals surface area contributed by atoms with Crippen LogP contribution in [0.4, 0.5) is 0 Å². The van der Waals surface area contributed by atoms with Crippen LogP contribution < -0.4 is 0 Å². The van der Waals surface area contributed by atoms with Gasteiger partial charge in [0.05, 0.1) is 6.61 Å². The first kappa shape index (κ1) is 16.5. The van der Waals surface area contributed by atoms with E-state index in [1.807, 2.05) is 0 Å². The molecule has 0 spiro atoms. The predicted molar refractivity (Wildman–Crippen MR) is 79.6 cm³/mol. The highest BCUT2D eigenvalue weighted by Gasteiger charge is 2.43. The van der Waals surface area contributed by atoms with Crippen molar-refractivity contribution in [2.45, 2.75) is 75.3 Å². The molecule has 0 amide bonds. The highest BCUT2D eigenvalue weighted by atomic mass is 32.2. The zero-order valence-corrected chi connectivity index (χ0v) is 12.7. The van der Waals surface area contributed by atoms with Crippen molar-refractivity contribution < 1.29 is 26.5 Å². The van der Waals surface area contributed by atoms with Gasteiger partial charge in [0.15, 0.2) is 0 Å². The minimum atomic E-state index is -1.28. The van der Waals surface area contributed by atoms with Crippen LogP contribution in [0.3, 0.4) is 0 Å². The molecule has 1 heterocycles. The summed E-state index contributed by atoms with van der Waals surface area (Å²) in [6, 6.07) is 0. The Morgan fingerprint density at radius 2 is 1.70 bits per heavy atom. The second-order valence-corrected chi connectivity index (χ2v) is 6.40. The molecule has 1 fully saturated rings. The zero-order chi connectivity index (χ0) is 15.7. The highest BCUT2D eigenvalue weighted by Crippen LogP contribution is 2.29. The van der Waals surface area contributed by atoms with E-state index in [9.17, 15) is 15.3 Å². The molecule has 4 N–H and O–H groups in total. The van der Waals surface area contributed by atoms with Gasteiger partial charge in [-0.1, -0.05) is 39.0 Å². The molecule has 1 aliphatic rings. The minimum absolute atomic E-state index is 0.377. The third-order valence-electron chi connectivity index (χ3n) is 3.52. The Balaban J connectivity index is 2.16. The molecule has 0 aromatic carbocycles. The van der Waals surface area contributed by atoms with E-state index in [-0.39, 0.29) is 6.61 Å². The molecular formula is C14H28O5S. The van der Waals surface area contributed by atoms with Crippen LogP contribution in [-0.2, 0) is 4.74 Å². The van der Waals surface area contributed by atoms with Gasteiger partial charge in [-0.05, 0) is 12.2 Å². The molecule has 0 saturated carbocycles. The standard InChI is InChI=1S/C14H28O5S/c1-2-3-4-5-6-7-8-20-14-13(18)12(17)11(16)10(9-15)19-14/h10-18H,2-9H2,1H3/t10-,11-,12+,13-,14?/m1/s1/i1D. The SMILES string of the molecule is [2H]CCCCCCCCSC1O[C@H](CO)[C@@H](O)[C@H](O)[C@H]1O. The Morgan fingerprint density at radius 3 is 2.40 bits per heavy atom. The van der Waals surface area contributed by atoms with Crippen molar-refractivity contribution in [3.8, 4) is 0 Å². The number of hydrogen-bond donors (Lipinski definition) is 4. The van der Waals surface area contributed by atoms with E-state index in [1.54, 1.807) is 0 Å². The molecule has 0 bridgehead atoms. The summed E-state index contributed by atoms with van der Waals surface area (Å²) in [5, 5.41) is 38.3. The van der Waals surface area contributed by atoms with Gasteiger partial charge in [-0.3, -0.25) is 0 Å². The Morgan fingerprint density at radius 1 is 1.00 bits per heavy atom. The number of thioether (sulfide) groups is 1. The number of unbranched alkanes of at least 4 members (excludes halogenated alkanes) is 5. The van der Waals surface area contributed by atoms with Gasteiger partial charge < -0.3 is 25.2 Å². The lowest BCUT2D eigenvalue weighted by molar-refractivity contribution is -0.205. The summed E-state index contributed by atoms with van der Waals surface area (Å²) in [7, 11) is 0. The summed E-state index contributed by atoms with van der Waals surface area (Å²) >= 11 is 1.41. The first-order valence-electron chi connectivity index (χ1n) is 8.04. The van der Waals surface area contributed by atoms with Gasteiger partial charge >= 0.3 is 0 Å². The molecule has 0 aromatic rings. The zero-order valence-electron chi connectivity index (χ0n) is 12.9. The molecule has 5 nitrogen and oxygen atoms in total. The molecular weight excluding hydrogens is 280 g/mol. The van der Waals surface area contributed by atoms with E-state index >= 15 is 0 Å². The summed E-state index contributed by atoms with van der Waals surface area (Å²) in [6.45, 7) is 0.130. The van der Waals surface area contributed by atoms with Gasteiger partial charge in [0.25, 0.3) is 0 Å². The normalized spacial score (nSPS) is 35.0. The fourth-order valence-electron chi connectivity index (χ4n) is 2.21. The Labute approximate surface area is 126 Å². The summed E-state index contributed by atoms with van der Waals surface area (Å²) in [4.78, 5) is 0. The third kappa shape index (κ3) is 5.50. The van der Waals surface area contributed by atoms with Gasteiger partial charge in [0.2, 0.25) is 0 Å². The summed E-state index contributed by atoms with van der Waals surface area (Å²) in [5.74, 6) is 0.807. The fraction of sp³-hybridized carbons (Fsp3) is 1.00. The van der Waals surface area contributed by atoms with Gasteiger partial charge in [0, 0.05) is 1.37 Å². The van der Waals surface area contributed by atoms with Gasteiger partial charge in [-0.2, -0.15) is 0 Å². The molecule has 20 heavy (non-hydrogen) atoms. The summed E-state index contributed by atoms with van der Waals surface area (Å²) < 4.78 is 12.5. The second kappa shape index (κ2) is 9.97. The van der Waals surface area contributed by atoms with Crippen molar-refractivity contribution in [1.29, 1.82) is 0 Å². The lowest BCUT2D eigenvalue weighted by atomic mass is 10.0. The Kier molecular flexibility index (Phi) is 8.24. The largest absolute Gasteiger partial charge is 0.394 e. The van der Waals surface area contributed by atoms with Crippen LogP contribution in [0.15, 0.2) is 0 Å². The van der Waals surface area contributed by atoms with Crippen LogP contribution in [-0.4, -0.2) is 62.6 Å². The van der Waals surface area contributed by atoms with Crippen molar-refractivity contribution >= 4 is 11.8 Å². The van der Waals surface area contributed by atoms with Crippen LogP contribution >= 0.6 is 11.8 Å². The number of aliphatic hydroxyl groups is 4. The molecule has 6 heteroatoms.